The second kappa shape index (κ2) is 6.32. The van der Waals surface area contributed by atoms with E-state index in [9.17, 15) is 0 Å². The Hall–Kier alpha value is -0.190. The highest BCUT2D eigenvalue weighted by Gasteiger charge is 2.16. The number of halogens is 1. The van der Waals surface area contributed by atoms with Gasteiger partial charge in [-0.2, -0.15) is 0 Å². The van der Waals surface area contributed by atoms with Crippen LogP contribution in [0.15, 0.2) is 10.7 Å². The van der Waals surface area contributed by atoms with Crippen LogP contribution in [-0.4, -0.2) is 26.0 Å². The molecule has 3 N–H and O–H groups in total. The molecule has 3 nitrogen and oxygen atoms in total. The van der Waals surface area contributed by atoms with E-state index in [1.807, 2.05) is 18.6 Å². The molecule has 0 atom stereocenters. The van der Waals surface area contributed by atoms with Gasteiger partial charge in [-0.3, -0.25) is 0 Å². The van der Waals surface area contributed by atoms with Crippen molar-refractivity contribution in [2.45, 2.75) is 19.3 Å². The van der Waals surface area contributed by atoms with E-state index >= 15 is 0 Å². The summed E-state index contributed by atoms with van der Waals surface area (Å²) in [6.45, 7) is 1.72. The summed E-state index contributed by atoms with van der Waals surface area (Å²) in [7, 11) is 1.96. The van der Waals surface area contributed by atoms with Crippen LogP contribution in [0.3, 0.4) is 0 Å². The van der Waals surface area contributed by atoms with Crippen molar-refractivity contribution in [2.75, 3.05) is 20.3 Å². The quantitative estimate of drug-likeness (QED) is 0.736. The molecule has 1 aliphatic rings. The molecule has 1 saturated heterocycles. The van der Waals surface area contributed by atoms with Gasteiger partial charge in [-0.05, 0) is 41.1 Å². The molecule has 1 heterocycles. The summed E-state index contributed by atoms with van der Waals surface area (Å²) in [5, 5.41) is 9.81. The lowest BCUT2D eigenvalue weighted by molar-refractivity contribution is -0.556. The van der Waals surface area contributed by atoms with Crippen LogP contribution in [0.5, 0.6) is 0 Å². The van der Waals surface area contributed by atoms with Crippen molar-refractivity contribution >= 4 is 21.6 Å². The molecule has 0 aliphatic carbocycles. The molecular formula is C10H18BrN2O+. The molecule has 1 aliphatic heterocycles. The van der Waals surface area contributed by atoms with E-state index in [1.54, 1.807) is 0 Å². The minimum atomic E-state index is 0.633. The predicted molar refractivity (Wildman–Crippen MR) is 60.7 cm³/mol. The maximum Gasteiger partial charge on any atom is 0.109 e. The Bertz CT molecular complexity index is 222. The Labute approximate surface area is 93.5 Å². The molecule has 0 bridgehead atoms. The second-order valence-corrected chi connectivity index (χ2v) is 4.44. The number of nitrogens with one attached hydrogen (secondary N) is 1. The molecule has 0 aromatic heterocycles. The number of rotatable bonds is 4. The van der Waals surface area contributed by atoms with Crippen molar-refractivity contribution in [3.63, 3.8) is 0 Å². The van der Waals surface area contributed by atoms with Crippen LogP contribution in [0, 0.1) is 11.3 Å². The SMILES string of the molecule is C[NH2+]C=C(Br)C(=N)CC1CCOCC1. The summed E-state index contributed by atoms with van der Waals surface area (Å²) in [4.78, 5) is 0. The molecule has 0 unspecified atom stereocenters. The van der Waals surface area contributed by atoms with Crippen LogP contribution < -0.4 is 5.32 Å². The highest BCUT2D eigenvalue weighted by molar-refractivity contribution is 9.12. The highest BCUT2D eigenvalue weighted by atomic mass is 79.9. The monoisotopic (exact) mass is 261 g/mol. The van der Waals surface area contributed by atoms with Gasteiger partial charge in [-0.1, -0.05) is 0 Å². The molecule has 1 rings (SSSR count). The van der Waals surface area contributed by atoms with Crippen molar-refractivity contribution in [1.29, 1.82) is 5.41 Å². The summed E-state index contributed by atoms with van der Waals surface area (Å²) in [6.07, 6.45) is 4.99. The molecule has 0 radical (unpaired) electrons. The van der Waals surface area contributed by atoms with E-state index in [4.69, 9.17) is 10.1 Å². The summed E-state index contributed by atoms with van der Waals surface area (Å²) in [6, 6.07) is 0. The molecule has 0 amide bonds. The molecule has 0 spiro atoms. The molecular weight excluding hydrogens is 244 g/mol. The Balaban J connectivity index is 2.35. The van der Waals surface area contributed by atoms with Gasteiger partial charge in [0.25, 0.3) is 0 Å². The van der Waals surface area contributed by atoms with Crippen LogP contribution in [-0.2, 0) is 4.74 Å². The number of quaternary nitrogens is 1. The molecule has 1 fully saturated rings. The van der Waals surface area contributed by atoms with Gasteiger partial charge in [0, 0.05) is 13.2 Å². The Kier molecular flexibility index (Phi) is 5.37. The topological polar surface area (TPSA) is 49.7 Å². The van der Waals surface area contributed by atoms with Crippen molar-refractivity contribution in [3.05, 3.63) is 10.7 Å². The normalized spacial score (nSPS) is 19.7. The zero-order valence-electron chi connectivity index (χ0n) is 8.55. The lowest BCUT2D eigenvalue weighted by Crippen LogP contribution is -2.73. The standard InChI is InChI=1S/C10H17BrN2O/c1-13-7-9(11)10(12)6-8-2-4-14-5-3-8/h7-8,12-13H,2-6H2,1H3/p+1. The summed E-state index contributed by atoms with van der Waals surface area (Å²) in [5.41, 5.74) is 0.704. The average molecular weight is 262 g/mol. The van der Waals surface area contributed by atoms with Gasteiger partial charge in [-0.15, -0.1) is 0 Å². The molecule has 0 aromatic rings. The number of hydrogen-bond donors (Lipinski definition) is 2. The van der Waals surface area contributed by atoms with E-state index in [0.29, 0.717) is 11.6 Å². The molecule has 14 heavy (non-hydrogen) atoms. The maximum absolute atomic E-state index is 7.86. The smallest absolute Gasteiger partial charge is 0.109 e. The molecule has 0 saturated carbocycles. The average Bonchev–Trinajstić information content (AvgIpc) is 2.19. The fourth-order valence-electron chi connectivity index (χ4n) is 1.58. The van der Waals surface area contributed by atoms with Crippen molar-refractivity contribution in [3.8, 4) is 0 Å². The molecule has 0 aromatic carbocycles. The third-order valence-electron chi connectivity index (χ3n) is 2.43. The number of allylic oxidation sites excluding steroid dienone is 1. The zero-order chi connectivity index (χ0) is 10.4. The molecule has 80 valence electrons. The van der Waals surface area contributed by atoms with E-state index in [-0.39, 0.29) is 0 Å². The van der Waals surface area contributed by atoms with Crippen molar-refractivity contribution in [2.24, 2.45) is 5.92 Å². The van der Waals surface area contributed by atoms with Crippen molar-refractivity contribution in [1.82, 2.24) is 0 Å². The number of nitrogens with two attached hydrogens (primary N) is 1. The third kappa shape index (κ3) is 3.90. The van der Waals surface area contributed by atoms with Crippen LogP contribution in [0.4, 0.5) is 0 Å². The van der Waals surface area contributed by atoms with Gasteiger partial charge >= 0.3 is 0 Å². The first-order chi connectivity index (χ1) is 6.74. The maximum atomic E-state index is 7.86. The third-order valence-corrected chi connectivity index (χ3v) is 3.18. The number of hydrogen-bond acceptors (Lipinski definition) is 2. The fourth-order valence-corrected chi connectivity index (χ4v) is 2.01. The van der Waals surface area contributed by atoms with Crippen LogP contribution in [0.1, 0.15) is 19.3 Å². The second-order valence-electron chi connectivity index (χ2n) is 3.59. The Morgan fingerprint density at radius 1 is 1.57 bits per heavy atom. The summed E-state index contributed by atoms with van der Waals surface area (Å²) < 4.78 is 6.20. The molecule has 4 heteroatoms. The van der Waals surface area contributed by atoms with E-state index in [2.05, 4.69) is 15.9 Å². The number of ether oxygens (including phenoxy) is 1. The highest BCUT2D eigenvalue weighted by Crippen LogP contribution is 2.21. The van der Waals surface area contributed by atoms with Gasteiger partial charge in [0.05, 0.1) is 17.2 Å². The first kappa shape index (κ1) is 11.9. The van der Waals surface area contributed by atoms with E-state index in [1.165, 1.54) is 0 Å². The minimum Gasteiger partial charge on any atom is -0.381 e. The summed E-state index contributed by atoms with van der Waals surface area (Å²) in [5.74, 6) is 0.633. The van der Waals surface area contributed by atoms with Gasteiger partial charge in [0.1, 0.15) is 6.20 Å². The van der Waals surface area contributed by atoms with Crippen molar-refractivity contribution < 1.29 is 10.1 Å². The lowest BCUT2D eigenvalue weighted by Gasteiger charge is -2.21. The Morgan fingerprint density at radius 3 is 2.79 bits per heavy atom. The van der Waals surface area contributed by atoms with E-state index < -0.39 is 0 Å². The van der Waals surface area contributed by atoms with Crippen LogP contribution in [0.2, 0.25) is 0 Å². The van der Waals surface area contributed by atoms with Gasteiger partial charge in [0.2, 0.25) is 0 Å². The first-order valence-corrected chi connectivity index (χ1v) is 5.84. The zero-order valence-corrected chi connectivity index (χ0v) is 10.1. The largest absolute Gasteiger partial charge is 0.381 e. The minimum absolute atomic E-state index is 0.633. The predicted octanol–water partition coefficient (Wildman–Crippen LogP) is 1.25. The summed E-state index contributed by atoms with van der Waals surface area (Å²) >= 11 is 3.40. The van der Waals surface area contributed by atoms with Gasteiger partial charge < -0.3 is 15.5 Å². The van der Waals surface area contributed by atoms with Gasteiger partial charge in [-0.25, -0.2) is 0 Å². The van der Waals surface area contributed by atoms with Crippen LogP contribution >= 0.6 is 15.9 Å². The Morgan fingerprint density at radius 2 is 2.21 bits per heavy atom. The lowest BCUT2D eigenvalue weighted by atomic mass is 9.94. The van der Waals surface area contributed by atoms with E-state index in [0.717, 1.165) is 37.0 Å². The fraction of sp³-hybridized carbons (Fsp3) is 0.700. The van der Waals surface area contributed by atoms with Gasteiger partial charge in [0.15, 0.2) is 0 Å². The van der Waals surface area contributed by atoms with Crippen LogP contribution in [0.25, 0.3) is 0 Å². The first-order valence-electron chi connectivity index (χ1n) is 5.04.